The first-order valence-corrected chi connectivity index (χ1v) is 13.1. The van der Waals surface area contributed by atoms with Crippen molar-refractivity contribution in [3.8, 4) is 0 Å². The number of unbranched alkanes of at least 4 members (excludes halogenated alkanes) is 2. The van der Waals surface area contributed by atoms with Crippen LogP contribution >= 0.6 is 0 Å². The fourth-order valence-electron chi connectivity index (χ4n) is 6.18. The third-order valence-electron chi connectivity index (χ3n) is 7.93. The standard InChI is InChI=1S/C28H37N3O5/c1-3-5-7-11-15-29-19-24(31(34)35)25(21-17-23(36-20-21)14-6-4-2)28(26(29)32)18-22-13-10-8-9-12-16-30(22)27(28)33/h3-4,10,13,17,20,22,24-25H,1-2,5-9,11-12,14-16,18-19H2/b13-10-/t22-,24-,25+,28+/m0/s1. The number of nitro groups is 1. The highest BCUT2D eigenvalue weighted by molar-refractivity contribution is 6.08. The van der Waals surface area contributed by atoms with E-state index in [1.165, 1.54) is 6.26 Å². The lowest BCUT2D eigenvalue weighted by atomic mass is 9.64. The SMILES string of the molecule is C=CCCCCN1C[C@H]([N+](=O)[O-])[C@@H](c2coc(CCC=C)c2)[C@]2(C[C@@H]3/C=C\CCCCN3C2=O)C1=O. The smallest absolute Gasteiger partial charge is 0.239 e. The van der Waals surface area contributed by atoms with Crippen LogP contribution in [0, 0.1) is 15.5 Å². The molecular weight excluding hydrogens is 458 g/mol. The van der Waals surface area contributed by atoms with Crippen molar-refractivity contribution in [2.24, 2.45) is 5.41 Å². The number of fused-ring (bicyclic) bond motifs is 1. The molecule has 0 bridgehead atoms. The van der Waals surface area contributed by atoms with Gasteiger partial charge in [0.1, 0.15) is 11.2 Å². The van der Waals surface area contributed by atoms with Crippen LogP contribution in [0.1, 0.15) is 68.6 Å². The van der Waals surface area contributed by atoms with Crippen molar-refractivity contribution < 1.29 is 18.9 Å². The van der Waals surface area contributed by atoms with Crippen LogP contribution in [0.2, 0.25) is 0 Å². The van der Waals surface area contributed by atoms with Gasteiger partial charge in [-0.05, 0) is 57.4 Å². The van der Waals surface area contributed by atoms with Crippen molar-refractivity contribution in [3.05, 3.63) is 71.2 Å². The van der Waals surface area contributed by atoms with Gasteiger partial charge in [-0.1, -0.05) is 24.3 Å². The average Bonchev–Trinajstić information content (AvgIpc) is 3.41. The van der Waals surface area contributed by atoms with Gasteiger partial charge in [0.25, 0.3) is 0 Å². The number of allylic oxidation sites excluding steroid dienone is 3. The van der Waals surface area contributed by atoms with E-state index in [0.29, 0.717) is 43.7 Å². The Hall–Kier alpha value is -3.16. The van der Waals surface area contributed by atoms with Crippen LogP contribution in [-0.2, 0) is 16.0 Å². The van der Waals surface area contributed by atoms with Gasteiger partial charge in [0, 0.05) is 30.0 Å². The molecule has 0 unspecified atom stereocenters. The van der Waals surface area contributed by atoms with E-state index in [1.54, 1.807) is 21.9 Å². The molecule has 0 saturated carbocycles. The van der Waals surface area contributed by atoms with Gasteiger partial charge in [0.2, 0.25) is 17.9 Å². The van der Waals surface area contributed by atoms with Gasteiger partial charge in [0.15, 0.2) is 0 Å². The number of piperidine rings is 1. The molecule has 4 heterocycles. The number of rotatable bonds is 10. The number of carbonyl (C=O) groups is 2. The fraction of sp³-hybridized carbons (Fsp3) is 0.571. The quantitative estimate of drug-likeness (QED) is 0.155. The van der Waals surface area contributed by atoms with E-state index in [9.17, 15) is 19.7 Å². The summed E-state index contributed by atoms with van der Waals surface area (Å²) >= 11 is 0. The molecule has 1 spiro atoms. The first-order chi connectivity index (χ1) is 17.4. The zero-order chi connectivity index (χ0) is 25.7. The number of furan rings is 1. The van der Waals surface area contributed by atoms with E-state index in [4.69, 9.17) is 4.42 Å². The highest BCUT2D eigenvalue weighted by Crippen LogP contribution is 2.53. The summed E-state index contributed by atoms with van der Waals surface area (Å²) in [6.07, 6.45) is 15.9. The predicted octanol–water partition coefficient (Wildman–Crippen LogP) is 4.65. The molecule has 194 valence electrons. The number of amides is 2. The van der Waals surface area contributed by atoms with Gasteiger partial charge in [0.05, 0.1) is 24.8 Å². The van der Waals surface area contributed by atoms with Crippen LogP contribution in [0.15, 0.2) is 54.2 Å². The summed E-state index contributed by atoms with van der Waals surface area (Å²) in [5.41, 5.74) is -0.934. The topological polar surface area (TPSA) is 96.9 Å². The summed E-state index contributed by atoms with van der Waals surface area (Å²) in [5, 5.41) is 12.5. The number of likely N-dealkylation sites (tertiary alicyclic amines) is 1. The summed E-state index contributed by atoms with van der Waals surface area (Å²) in [7, 11) is 0. The molecule has 2 saturated heterocycles. The normalized spacial score (nSPS) is 29.1. The third-order valence-corrected chi connectivity index (χ3v) is 7.93. The highest BCUT2D eigenvalue weighted by Gasteiger charge is 2.68. The summed E-state index contributed by atoms with van der Waals surface area (Å²) in [5.74, 6) is -0.744. The first-order valence-electron chi connectivity index (χ1n) is 13.1. The molecule has 4 rings (SSSR count). The molecular formula is C28H37N3O5. The van der Waals surface area contributed by atoms with Gasteiger partial charge < -0.3 is 14.2 Å². The van der Waals surface area contributed by atoms with E-state index in [-0.39, 0.29) is 35.7 Å². The van der Waals surface area contributed by atoms with Crippen molar-refractivity contribution in [2.75, 3.05) is 19.6 Å². The molecule has 2 amide bonds. The second-order valence-corrected chi connectivity index (χ2v) is 10.2. The monoisotopic (exact) mass is 495 g/mol. The zero-order valence-corrected chi connectivity index (χ0v) is 21.0. The second-order valence-electron chi connectivity index (χ2n) is 10.2. The number of hydrogen-bond donors (Lipinski definition) is 0. The van der Waals surface area contributed by atoms with Gasteiger partial charge in [-0.25, -0.2) is 0 Å². The van der Waals surface area contributed by atoms with Crippen LogP contribution in [0.25, 0.3) is 0 Å². The average molecular weight is 496 g/mol. The molecule has 4 atom stereocenters. The maximum atomic E-state index is 14.2. The van der Waals surface area contributed by atoms with Crippen molar-refractivity contribution in [2.45, 2.75) is 75.8 Å². The number of carbonyl (C=O) groups excluding carboxylic acids is 2. The Morgan fingerprint density at radius 2 is 1.97 bits per heavy atom. The highest BCUT2D eigenvalue weighted by atomic mass is 16.6. The minimum Gasteiger partial charge on any atom is -0.469 e. The molecule has 0 N–H and O–H groups in total. The van der Waals surface area contributed by atoms with Crippen molar-refractivity contribution in [3.63, 3.8) is 0 Å². The summed E-state index contributed by atoms with van der Waals surface area (Å²) < 4.78 is 5.75. The van der Waals surface area contributed by atoms with Crippen LogP contribution < -0.4 is 0 Å². The maximum Gasteiger partial charge on any atom is 0.239 e. The van der Waals surface area contributed by atoms with Gasteiger partial charge in [-0.2, -0.15) is 0 Å². The Morgan fingerprint density at radius 3 is 2.72 bits per heavy atom. The third kappa shape index (κ3) is 4.77. The van der Waals surface area contributed by atoms with E-state index in [2.05, 4.69) is 19.2 Å². The Bertz CT molecular complexity index is 1030. The largest absolute Gasteiger partial charge is 0.469 e. The molecule has 3 aliphatic heterocycles. The first kappa shape index (κ1) is 25.9. The molecule has 0 radical (unpaired) electrons. The molecule has 1 aromatic rings. The molecule has 8 heteroatoms. The molecule has 3 aliphatic rings. The summed E-state index contributed by atoms with van der Waals surface area (Å²) in [6.45, 7) is 8.44. The molecule has 1 aromatic heterocycles. The van der Waals surface area contributed by atoms with Crippen LogP contribution in [0.4, 0.5) is 0 Å². The molecule has 0 aliphatic carbocycles. The summed E-state index contributed by atoms with van der Waals surface area (Å²) in [6, 6.07) is 0.480. The minimum atomic E-state index is -1.51. The maximum absolute atomic E-state index is 14.2. The van der Waals surface area contributed by atoms with Gasteiger partial charge >= 0.3 is 0 Å². The molecule has 2 fully saturated rings. The summed E-state index contributed by atoms with van der Waals surface area (Å²) in [4.78, 5) is 44.0. The number of nitrogens with zero attached hydrogens (tertiary/aromatic N) is 3. The Labute approximate surface area is 212 Å². The van der Waals surface area contributed by atoms with Crippen molar-refractivity contribution in [1.82, 2.24) is 9.80 Å². The van der Waals surface area contributed by atoms with Crippen LogP contribution in [0.5, 0.6) is 0 Å². The van der Waals surface area contributed by atoms with E-state index >= 15 is 0 Å². The zero-order valence-electron chi connectivity index (χ0n) is 21.0. The van der Waals surface area contributed by atoms with Crippen LogP contribution in [-0.4, -0.2) is 58.3 Å². The van der Waals surface area contributed by atoms with Gasteiger partial charge in [-0.3, -0.25) is 19.7 Å². The Kier molecular flexibility index (Phi) is 8.11. The lowest BCUT2D eigenvalue weighted by molar-refractivity contribution is -0.531. The van der Waals surface area contributed by atoms with Crippen molar-refractivity contribution >= 4 is 11.8 Å². The Balaban J connectivity index is 1.78. The van der Waals surface area contributed by atoms with E-state index in [1.807, 2.05) is 12.2 Å². The van der Waals surface area contributed by atoms with Gasteiger partial charge in [-0.15, -0.1) is 13.2 Å². The predicted molar refractivity (Wildman–Crippen MR) is 137 cm³/mol. The fourth-order valence-corrected chi connectivity index (χ4v) is 6.18. The molecule has 0 aromatic carbocycles. The number of hydrogen-bond acceptors (Lipinski definition) is 5. The lowest BCUT2D eigenvalue weighted by Crippen LogP contribution is -2.63. The Morgan fingerprint density at radius 1 is 1.17 bits per heavy atom. The van der Waals surface area contributed by atoms with Crippen molar-refractivity contribution in [1.29, 1.82) is 0 Å². The molecule has 36 heavy (non-hydrogen) atoms. The minimum absolute atomic E-state index is 0.00665. The number of aryl methyl sites for hydroxylation is 1. The van der Waals surface area contributed by atoms with E-state index < -0.39 is 17.4 Å². The second kappa shape index (κ2) is 11.3. The molecule has 8 nitrogen and oxygen atoms in total. The lowest BCUT2D eigenvalue weighted by Gasteiger charge is -2.44. The van der Waals surface area contributed by atoms with Crippen LogP contribution in [0.3, 0.4) is 0 Å². The van der Waals surface area contributed by atoms with E-state index in [0.717, 1.165) is 32.1 Å².